The molecule has 2 aromatic rings. The third-order valence-electron chi connectivity index (χ3n) is 3.08. The molecular formula is C14H13NaO7S. The zero-order chi connectivity index (χ0) is 16.5. The summed E-state index contributed by atoms with van der Waals surface area (Å²) in [5.74, 6) is -1.49. The summed E-state index contributed by atoms with van der Waals surface area (Å²) in [7, 11) is -2.25. The Balaban J connectivity index is 0.00000264. The van der Waals surface area contributed by atoms with E-state index in [1.807, 2.05) is 0 Å². The van der Waals surface area contributed by atoms with E-state index in [1.54, 1.807) is 0 Å². The first kappa shape index (κ1) is 19.6. The van der Waals surface area contributed by atoms with Gasteiger partial charge in [0.25, 0.3) is 10.1 Å². The Morgan fingerprint density at radius 3 is 2.04 bits per heavy atom. The van der Waals surface area contributed by atoms with Crippen LogP contribution in [0.1, 0.15) is 20.7 Å². The number of methoxy groups -OCH3 is 2. The molecule has 1 N–H and O–H groups in total. The quantitative estimate of drug-likeness (QED) is 0.501. The zero-order valence-electron chi connectivity index (χ0n) is 11.7. The van der Waals surface area contributed by atoms with Gasteiger partial charge in [0, 0.05) is 0 Å². The van der Waals surface area contributed by atoms with E-state index in [9.17, 15) is 22.6 Å². The number of carbonyl (C=O) groups is 2. The summed E-state index contributed by atoms with van der Waals surface area (Å²) >= 11 is 0. The van der Waals surface area contributed by atoms with Gasteiger partial charge < -0.3 is 9.47 Å². The normalized spacial score (nSPS) is 10.7. The third-order valence-corrected chi connectivity index (χ3v) is 3.91. The van der Waals surface area contributed by atoms with Gasteiger partial charge in [-0.3, -0.25) is 4.55 Å². The molecule has 0 aliphatic heterocycles. The molecule has 0 saturated heterocycles. The molecule has 2 aromatic carbocycles. The van der Waals surface area contributed by atoms with E-state index in [1.165, 1.54) is 25.3 Å². The number of fused-ring (bicyclic) bond motifs is 1. The van der Waals surface area contributed by atoms with Crippen LogP contribution in [0.4, 0.5) is 0 Å². The number of hydrogen-bond acceptors (Lipinski definition) is 6. The second-order valence-corrected chi connectivity index (χ2v) is 5.75. The molecule has 0 fully saturated rings. The molecule has 7 nitrogen and oxygen atoms in total. The van der Waals surface area contributed by atoms with Gasteiger partial charge >= 0.3 is 41.5 Å². The fraction of sp³-hybridized carbons (Fsp3) is 0.143. The summed E-state index contributed by atoms with van der Waals surface area (Å²) in [6.45, 7) is 0. The molecule has 0 unspecified atom stereocenters. The molecule has 0 aliphatic carbocycles. The molecule has 0 aromatic heterocycles. The molecule has 0 amide bonds. The Kier molecular flexibility index (Phi) is 6.32. The molecule has 0 atom stereocenters. The van der Waals surface area contributed by atoms with Crippen molar-refractivity contribution < 1.29 is 32.0 Å². The van der Waals surface area contributed by atoms with Gasteiger partial charge in [-0.25, -0.2) is 9.59 Å². The van der Waals surface area contributed by atoms with Gasteiger partial charge in [0.1, 0.15) is 0 Å². The Morgan fingerprint density at radius 1 is 0.957 bits per heavy atom. The first-order valence-electron chi connectivity index (χ1n) is 6.00. The average molecular weight is 348 g/mol. The van der Waals surface area contributed by atoms with Gasteiger partial charge in [-0.2, -0.15) is 8.42 Å². The fourth-order valence-corrected chi connectivity index (χ4v) is 2.61. The number of rotatable bonds is 3. The predicted octanol–water partition coefficient (Wildman–Crippen LogP) is 1.01. The SMILES string of the molecule is COC(=O)c1cc(S(=O)(=O)O)cc2c(C(=O)OC)cccc12.[NaH]. The first-order chi connectivity index (χ1) is 10.3. The number of benzene rings is 2. The van der Waals surface area contributed by atoms with E-state index < -0.39 is 27.0 Å². The molecule has 23 heavy (non-hydrogen) atoms. The van der Waals surface area contributed by atoms with E-state index in [0.717, 1.165) is 19.2 Å². The summed E-state index contributed by atoms with van der Waals surface area (Å²) in [6, 6.07) is 6.56. The number of hydrogen-bond donors (Lipinski definition) is 1. The minimum absolute atomic E-state index is 0. The standard InChI is InChI=1S/C14H12O7S.Na.H/c1-20-13(15)10-5-3-4-9-11(10)6-8(22(17,18)19)7-12(9)14(16)21-2;;/h3-7H,1-2H3,(H,17,18,19);;. The Labute approximate surface area is 154 Å². The molecule has 2 rings (SSSR count). The van der Waals surface area contributed by atoms with Crippen molar-refractivity contribution in [2.75, 3.05) is 14.2 Å². The Hall–Kier alpha value is -1.45. The van der Waals surface area contributed by atoms with E-state index in [-0.39, 0.29) is 46.1 Å². The summed E-state index contributed by atoms with van der Waals surface area (Å²) in [4.78, 5) is 23.1. The van der Waals surface area contributed by atoms with E-state index in [2.05, 4.69) is 9.47 Å². The van der Waals surface area contributed by atoms with Crippen LogP contribution < -0.4 is 0 Å². The van der Waals surface area contributed by atoms with Crippen LogP contribution in [0.15, 0.2) is 35.2 Å². The van der Waals surface area contributed by atoms with Crippen molar-refractivity contribution in [3.63, 3.8) is 0 Å². The van der Waals surface area contributed by atoms with Crippen LogP contribution in [0, 0.1) is 0 Å². The van der Waals surface area contributed by atoms with Crippen molar-refractivity contribution in [2.24, 2.45) is 0 Å². The molecule has 9 heteroatoms. The molecule has 0 saturated carbocycles. The Morgan fingerprint density at radius 2 is 1.52 bits per heavy atom. The van der Waals surface area contributed by atoms with Crippen molar-refractivity contribution in [2.45, 2.75) is 4.90 Å². The van der Waals surface area contributed by atoms with Crippen LogP contribution in [-0.2, 0) is 19.6 Å². The van der Waals surface area contributed by atoms with E-state index in [4.69, 9.17) is 0 Å². The average Bonchev–Trinajstić information content (AvgIpc) is 2.50. The molecule has 118 valence electrons. The van der Waals surface area contributed by atoms with Gasteiger partial charge in [-0.05, 0) is 29.0 Å². The van der Waals surface area contributed by atoms with Crippen molar-refractivity contribution >= 4 is 62.4 Å². The molecule has 0 radical (unpaired) electrons. The summed E-state index contributed by atoms with van der Waals surface area (Å²) in [6.07, 6.45) is 0. The molecule has 0 spiro atoms. The minimum atomic E-state index is -4.57. The zero-order valence-corrected chi connectivity index (χ0v) is 12.5. The van der Waals surface area contributed by atoms with Crippen molar-refractivity contribution in [1.82, 2.24) is 0 Å². The fourth-order valence-electron chi connectivity index (χ4n) is 2.08. The molecule has 0 bridgehead atoms. The number of ether oxygens (including phenoxy) is 2. The van der Waals surface area contributed by atoms with Crippen molar-refractivity contribution in [3.05, 3.63) is 41.5 Å². The van der Waals surface area contributed by atoms with Gasteiger partial charge in [0.2, 0.25) is 0 Å². The van der Waals surface area contributed by atoms with Crippen LogP contribution in [0.2, 0.25) is 0 Å². The van der Waals surface area contributed by atoms with E-state index in [0.29, 0.717) is 5.39 Å². The third kappa shape index (κ3) is 3.91. The van der Waals surface area contributed by atoms with Crippen molar-refractivity contribution in [3.8, 4) is 0 Å². The van der Waals surface area contributed by atoms with Crippen LogP contribution in [-0.4, -0.2) is 68.7 Å². The van der Waals surface area contributed by atoms with Crippen LogP contribution in [0.5, 0.6) is 0 Å². The number of carbonyl (C=O) groups excluding carboxylic acids is 2. The predicted molar refractivity (Wildman–Crippen MR) is 83.6 cm³/mol. The van der Waals surface area contributed by atoms with E-state index >= 15 is 0 Å². The molecule has 0 aliphatic rings. The molecule has 0 heterocycles. The molecular weight excluding hydrogens is 335 g/mol. The Bertz CT molecular complexity index is 874. The summed E-state index contributed by atoms with van der Waals surface area (Å²) in [5.41, 5.74) is -0.0194. The van der Waals surface area contributed by atoms with Gasteiger partial charge in [-0.15, -0.1) is 0 Å². The van der Waals surface area contributed by atoms with Crippen molar-refractivity contribution in [1.29, 1.82) is 0 Å². The van der Waals surface area contributed by atoms with Gasteiger partial charge in [0.05, 0.1) is 30.2 Å². The van der Waals surface area contributed by atoms with Gasteiger partial charge in [0.15, 0.2) is 0 Å². The summed E-state index contributed by atoms with van der Waals surface area (Å²) < 4.78 is 41.2. The number of esters is 2. The first-order valence-corrected chi connectivity index (χ1v) is 7.44. The maximum absolute atomic E-state index is 11.8. The van der Waals surface area contributed by atoms with Crippen LogP contribution in [0.25, 0.3) is 10.8 Å². The summed E-state index contributed by atoms with van der Waals surface area (Å²) in [5, 5.41) is 0.465. The van der Waals surface area contributed by atoms with Gasteiger partial charge in [-0.1, -0.05) is 12.1 Å². The maximum atomic E-state index is 11.8. The monoisotopic (exact) mass is 348 g/mol. The van der Waals surface area contributed by atoms with Crippen LogP contribution in [0.3, 0.4) is 0 Å². The second-order valence-electron chi connectivity index (χ2n) is 4.33. The van der Waals surface area contributed by atoms with Crippen LogP contribution >= 0.6 is 0 Å². The topological polar surface area (TPSA) is 107 Å². The second kappa shape index (κ2) is 7.41.